The molecule has 2 aromatic rings. The minimum atomic E-state index is -3.78. The number of anilines is 1. The molecule has 1 heterocycles. The van der Waals surface area contributed by atoms with Crippen molar-refractivity contribution in [2.45, 2.75) is 5.03 Å². The molecule has 0 aliphatic rings. The third-order valence-electron chi connectivity index (χ3n) is 1.97. The van der Waals surface area contributed by atoms with Crippen molar-refractivity contribution in [3.63, 3.8) is 0 Å². The molecule has 17 heavy (non-hydrogen) atoms. The number of imidazole rings is 1. The van der Waals surface area contributed by atoms with Gasteiger partial charge in [0, 0.05) is 11.1 Å². The minimum absolute atomic E-state index is 0.0454. The zero-order valence-corrected chi connectivity index (χ0v) is 9.96. The fourth-order valence-electron chi connectivity index (χ4n) is 1.18. The number of aromatic nitrogens is 2. The average molecular weight is 274 g/mol. The van der Waals surface area contributed by atoms with Gasteiger partial charge in [-0.3, -0.25) is 4.72 Å². The van der Waals surface area contributed by atoms with Crippen LogP contribution in [0.1, 0.15) is 0 Å². The second-order valence-electron chi connectivity index (χ2n) is 3.18. The van der Waals surface area contributed by atoms with E-state index >= 15 is 0 Å². The van der Waals surface area contributed by atoms with Crippen LogP contribution in [0.5, 0.6) is 5.75 Å². The quantitative estimate of drug-likeness (QED) is 0.740. The highest BCUT2D eigenvalue weighted by atomic mass is 35.5. The van der Waals surface area contributed by atoms with Gasteiger partial charge in [-0.15, -0.1) is 0 Å². The Morgan fingerprint density at radius 3 is 2.76 bits per heavy atom. The molecular formula is C9H8ClN3O3S. The normalized spacial score (nSPS) is 11.4. The number of nitrogens with one attached hydrogen (secondary N) is 2. The lowest BCUT2D eigenvalue weighted by molar-refractivity contribution is 0.477. The largest absolute Gasteiger partial charge is 0.506 e. The number of hydrogen-bond donors (Lipinski definition) is 3. The molecule has 0 saturated carbocycles. The van der Waals surface area contributed by atoms with Gasteiger partial charge in [0.05, 0.1) is 18.2 Å². The molecule has 6 nitrogen and oxygen atoms in total. The van der Waals surface area contributed by atoms with E-state index in [0.29, 0.717) is 5.02 Å². The summed E-state index contributed by atoms with van der Waals surface area (Å²) < 4.78 is 25.8. The number of phenolic OH excluding ortho intramolecular Hbond substituents is 1. The summed E-state index contributed by atoms with van der Waals surface area (Å²) in [5.74, 6) is -0.249. The third kappa shape index (κ3) is 2.51. The number of nitrogens with zero attached hydrogens (tertiary/aromatic N) is 1. The number of rotatable bonds is 3. The van der Waals surface area contributed by atoms with Crippen molar-refractivity contribution < 1.29 is 13.5 Å². The van der Waals surface area contributed by atoms with E-state index in [0.717, 1.165) is 6.20 Å². The first-order chi connectivity index (χ1) is 7.99. The van der Waals surface area contributed by atoms with Crippen LogP contribution in [0.15, 0.2) is 35.7 Å². The van der Waals surface area contributed by atoms with Gasteiger partial charge < -0.3 is 10.1 Å². The van der Waals surface area contributed by atoms with Gasteiger partial charge in [0.1, 0.15) is 5.75 Å². The number of benzene rings is 1. The van der Waals surface area contributed by atoms with E-state index in [1.54, 1.807) is 0 Å². The Hall–Kier alpha value is -1.73. The van der Waals surface area contributed by atoms with Gasteiger partial charge in [-0.2, -0.15) is 8.42 Å². The first-order valence-corrected chi connectivity index (χ1v) is 6.35. The number of phenols is 1. The van der Waals surface area contributed by atoms with Crippen molar-refractivity contribution in [2.24, 2.45) is 0 Å². The maximum atomic E-state index is 11.8. The highest BCUT2D eigenvalue weighted by Crippen LogP contribution is 2.28. The van der Waals surface area contributed by atoms with Crippen LogP contribution >= 0.6 is 11.6 Å². The van der Waals surface area contributed by atoms with Crippen LogP contribution < -0.4 is 4.72 Å². The van der Waals surface area contributed by atoms with Gasteiger partial charge in [-0.05, 0) is 12.1 Å². The minimum Gasteiger partial charge on any atom is -0.506 e. The predicted molar refractivity (Wildman–Crippen MR) is 62.5 cm³/mol. The van der Waals surface area contributed by atoms with E-state index < -0.39 is 10.0 Å². The highest BCUT2D eigenvalue weighted by molar-refractivity contribution is 7.92. The van der Waals surface area contributed by atoms with Crippen molar-refractivity contribution in [3.8, 4) is 5.75 Å². The summed E-state index contributed by atoms with van der Waals surface area (Å²) in [6.45, 7) is 0. The Labute approximate surface area is 102 Å². The molecule has 1 aromatic heterocycles. The van der Waals surface area contributed by atoms with E-state index in [-0.39, 0.29) is 16.5 Å². The van der Waals surface area contributed by atoms with Gasteiger partial charge in [0.2, 0.25) is 0 Å². The zero-order valence-electron chi connectivity index (χ0n) is 8.38. The lowest BCUT2D eigenvalue weighted by atomic mass is 10.3. The summed E-state index contributed by atoms with van der Waals surface area (Å²) in [7, 11) is -3.78. The molecular weight excluding hydrogens is 266 g/mol. The van der Waals surface area contributed by atoms with Crippen molar-refractivity contribution in [1.29, 1.82) is 0 Å². The highest BCUT2D eigenvalue weighted by Gasteiger charge is 2.17. The van der Waals surface area contributed by atoms with Gasteiger partial charge >= 0.3 is 0 Å². The van der Waals surface area contributed by atoms with Gasteiger partial charge in [-0.1, -0.05) is 11.6 Å². The molecule has 0 saturated heterocycles. The summed E-state index contributed by atoms with van der Waals surface area (Å²) in [5, 5.41) is 9.74. The summed E-state index contributed by atoms with van der Waals surface area (Å²) in [6, 6.07) is 4.07. The summed E-state index contributed by atoms with van der Waals surface area (Å²) >= 11 is 5.63. The van der Waals surface area contributed by atoms with Gasteiger partial charge in [-0.25, -0.2) is 4.98 Å². The van der Waals surface area contributed by atoms with Crippen molar-refractivity contribution in [3.05, 3.63) is 35.7 Å². The molecule has 0 atom stereocenters. The second kappa shape index (κ2) is 4.27. The first-order valence-electron chi connectivity index (χ1n) is 4.49. The molecule has 0 aliphatic carbocycles. The maximum Gasteiger partial charge on any atom is 0.279 e. The molecule has 8 heteroatoms. The molecule has 0 fully saturated rings. The number of halogens is 1. The lowest BCUT2D eigenvalue weighted by Gasteiger charge is -2.07. The monoisotopic (exact) mass is 273 g/mol. The van der Waals surface area contributed by atoms with Crippen LogP contribution in [0.25, 0.3) is 0 Å². The van der Waals surface area contributed by atoms with Crippen LogP contribution in [-0.2, 0) is 10.0 Å². The molecule has 0 unspecified atom stereocenters. The van der Waals surface area contributed by atoms with Gasteiger partial charge in [0.25, 0.3) is 10.0 Å². The Balaban J connectivity index is 2.33. The predicted octanol–water partition coefficient (Wildman–Crippen LogP) is 1.57. The fourth-order valence-corrected chi connectivity index (χ4v) is 2.33. The summed E-state index contributed by atoms with van der Waals surface area (Å²) in [5.41, 5.74) is 0.0454. The number of aromatic amines is 1. The molecule has 90 valence electrons. The molecule has 0 spiro atoms. The van der Waals surface area contributed by atoms with Crippen LogP contribution in [0.2, 0.25) is 5.02 Å². The number of sulfonamides is 1. The first kappa shape index (κ1) is 11.7. The Morgan fingerprint density at radius 1 is 1.41 bits per heavy atom. The lowest BCUT2D eigenvalue weighted by Crippen LogP contribution is -2.13. The van der Waals surface area contributed by atoms with E-state index in [9.17, 15) is 13.5 Å². The van der Waals surface area contributed by atoms with Gasteiger partial charge in [0.15, 0.2) is 5.03 Å². The van der Waals surface area contributed by atoms with Crippen molar-refractivity contribution >= 4 is 27.3 Å². The average Bonchev–Trinajstić information content (AvgIpc) is 2.76. The Kier molecular flexibility index (Phi) is 2.95. The van der Waals surface area contributed by atoms with Crippen LogP contribution in [0.4, 0.5) is 5.69 Å². The maximum absolute atomic E-state index is 11.8. The van der Waals surface area contributed by atoms with Crippen LogP contribution in [0, 0.1) is 0 Å². The number of hydrogen-bond acceptors (Lipinski definition) is 4. The van der Waals surface area contributed by atoms with Crippen LogP contribution in [-0.4, -0.2) is 23.5 Å². The SMILES string of the molecule is O=S(=O)(Nc1ccc(Cl)cc1O)c1cnc[nH]1. The summed E-state index contributed by atoms with van der Waals surface area (Å²) in [4.78, 5) is 6.07. The molecule has 3 N–H and O–H groups in total. The topological polar surface area (TPSA) is 95.1 Å². The van der Waals surface area contributed by atoms with Crippen LogP contribution in [0.3, 0.4) is 0 Å². The molecule has 0 amide bonds. The Bertz CT molecular complexity index is 625. The van der Waals surface area contributed by atoms with E-state index in [1.165, 1.54) is 24.5 Å². The third-order valence-corrected chi connectivity index (χ3v) is 3.49. The fraction of sp³-hybridized carbons (Fsp3) is 0. The standard InChI is InChI=1S/C9H8ClN3O3S/c10-6-1-2-7(8(14)3-6)13-17(15,16)9-4-11-5-12-9/h1-5,13-14H,(H,11,12). The second-order valence-corrected chi connectivity index (χ2v) is 5.27. The van der Waals surface area contributed by atoms with Crippen molar-refractivity contribution in [1.82, 2.24) is 9.97 Å². The molecule has 2 rings (SSSR count). The summed E-state index contributed by atoms with van der Waals surface area (Å²) in [6.07, 6.45) is 2.41. The molecule has 0 radical (unpaired) electrons. The van der Waals surface area contributed by atoms with E-state index in [2.05, 4.69) is 14.7 Å². The Morgan fingerprint density at radius 2 is 2.18 bits per heavy atom. The molecule has 1 aromatic carbocycles. The molecule has 0 bridgehead atoms. The zero-order chi connectivity index (χ0) is 12.5. The van der Waals surface area contributed by atoms with E-state index in [4.69, 9.17) is 11.6 Å². The molecule has 0 aliphatic heterocycles. The van der Waals surface area contributed by atoms with E-state index in [1.807, 2.05) is 0 Å². The van der Waals surface area contributed by atoms with Crippen molar-refractivity contribution in [2.75, 3.05) is 4.72 Å². The number of aromatic hydroxyl groups is 1. The number of H-pyrrole nitrogens is 1. The smallest absolute Gasteiger partial charge is 0.279 e.